The number of fused-ring (bicyclic) bond motifs is 1. The summed E-state index contributed by atoms with van der Waals surface area (Å²) in [5.41, 5.74) is 6.99. The zero-order valence-corrected chi connectivity index (χ0v) is 16.5. The number of nitrogens with zero attached hydrogens (tertiary/aromatic N) is 4. The first kappa shape index (κ1) is 19.2. The number of carbonyl (C=O) groups is 1. The van der Waals surface area contributed by atoms with Crippen molar-refractivity contribution in [3.05, 3.63) is 58.6 Å². The van der Waals surface area contributed by atoms with Gasteiger partial charge in [0.2, 0.25) is 5.91 Å². The highest BCUT2D eigenvalue weighted by Gasteiger charge is 2.22. The molecule has 1 fully saturated rings. The van der Waals surface area contributed by atoms with E-state index in [1.54, 1.807) is 19.3 Å². The van der Waals surface area contributed by atoms with Gasteiger partial charge in [0, 0.05) is 50.0 Å². The molecule has 2 aromatic heterocycles. The Balaban J connectivity index is 1.40. The topological polar surface area (TPSA) is 95.4 Å². The summed E-state index contributed by atoms with van der Waals surface area (Å²) < 4.78 is 9.50. The summed E-state index contributed by atoms with van der Waals surface area (Å²) in [7, 11) is 1.67. The largest absolute Gasteiger partial charge is 0.490 e. The van der Waals surface area contributed by atoms with Crippen LogP contribution in [0.5, 0.6) is 5.75 Å². The summed E-state index contributed by atoms with van der Waals surface area (Å²) in [5.74, 6) is 0.456. The normalized spacial score (nSPS) is 15.6. The van der Waals surface area contributed by atoms with E-state index in [9.17, 15) is 9.59 Å². The lowest BCUT2D eigenvalue weighted by atomic mass is 10.1. The van der Waals surface area contributed by atoms with Crippen LogP contribution in [0.4, 0.5) is 0 Å². The minimum absolute atomic E-state index is 0.0435. The van der Waals surface area contributed by atoms with Gasteiger partial charge in [0.1, 0.15) is 18.4 Å². The lowest BCUT2D eigenvalue weighted by Gasteiger charge is -2.32. The molecule has 2 N–H and O–H groups in total. The van der Waals surface area contributed by atoms with Crippen molar-refractivity contribution in [2.75, 3.05) is 13.1 Å². The molecule has 0 aliphatic carbocycles. The maximum atomic E-state index is 12.2. The molecule has 1 aliphatic rings. The number of hydrogen-bond acceptors (Lipinski definition) is 5. The van der Waals surface area contributed by atoms with Gasteiger partial charge in [-0.05, 0) is 37.1 Å². The van der Waals surface area contributed by atoms with Gasteiger partial charge in [0.05, 0.1) is 5.52 Å². The van der Waals surface area contributed by atoms with E-state index in [1.165, 1.54) is 4.68 Å². The van der Waals surface area contributed by atoms with Gasteiger partial charge in [-0.3, -0.25) is 14.5 Å². The van der Waals surface area contributed by atoms with Crippen molar-refractivity contribution in [3.63, 3.8) is 0 Å². The molecule has 0 atom stereocenters. The summed E-state index contributed by atoms with van der Waals surface area (Å²) >= 11 is 0. The second kappa shape index (κ2) is 8.08. The molecule has 1 aliphatic heterocycles. The molecule has 1 aromatic carbocycles. The fourth-order valence-corrected chi connectivity index (χ4v) is 3.88. The predicted octanol–water partition coefficient (Wildman–Crippen LogP) is 1.26. The van der Waals surface area contributed by atoms with Gasteiger partial charge < -0.3 is 15.0 Å². The van der Waals surface area contributed by atoms with E-state index < -0.39 is 0 Å². The predicted molar refractivity (Wildman–Crippen MR) is 110 cm³/mol. The minimum Gasteiger partial charge on any atom is -0.490 e. The van der Waals surface area contributed by atoms with Gasteiger partial charge >= 0.3 is 0 Å². The number of aryl methyl sites for hydroxylation is 1. The molecule has 3 heterocycles. The van der Waals surface area contributed by atoms with Crippen molar-refractivity contribution in [2.24, 2.45) is 12.8 Å². The Morgan fingerprint density at radius 1 is 1.24 bits per heavy atom. The summed E-state index contributed by atoms with van der Waals surface area (Å²) in [5, 5.41) is 4.95. The number of carbonyl (C=O) groups excluding carboxylic acids is 1. The average molecular weight is 395 g/mol. The van der Waals surface area contributed by atoms with Crippen LogP contribution in [-0.2, 0) is 24.9 Å². The zero-order valence-electron chi connectivity index (χ0n) is 16.5. The first-order valence-corrected chi connectivity index (χ1v) is 9.77. The zero-order chi connectivity index (χ0) is 20.4. The van der Waals surface area contributed by atoms with Crippen molar-refractivity contribution in [3.8, 4) is 5.75 Å². The van der Waals surface area contributed by atoms with E-state index in [4.69, 9.17) is 10.5 Å². The number of benzene rings is 1. The smallest absolute Gasteiger partial charge is 0.270 e. The second-order valence-electron chi connectivity index (χ2n) is 7.48. The third kappa shape index (κ3) is 4.17. The summed E-state index contributed by atoms with van der Waals surface area (Å²) in [6, 6.07) is 9.61. The molecule has 3 aromatic rings. The van der Waals surface area contributed by atoms with Crippen molar-refractivity contribution in [1.82, 2.24) is 19.2 Å². The molecule has 8 heteroatoms. The number of ether oxygens (including phenoxy) is 1. The number of rotatable bonds is 6. The molecular formula is C21H25N5O3. The molecule has 0 unspecified atom stereocenters. The molecule has 29 heavy (non-hydrogen) atoms. The third-order valence-corrected chi connectivity index (χ3v) is 5.41. The van der Waals surface area contributed by atoms with E-state index in [0.29, 0.717) is 6.54 Å². The fourth-order valence-electron chi connectivity index (χ4n) is 3.88. The van der Waals surface area contributed by atoms with Crippen molar-refractivity contribution in [1.29, 1.82) is 0 Å². The molecule has 152 valence electrons. The van der Waals surface area contributed by atoms with Crippen molar-refractivity contribution >= 4 is 16.8 Å². The van der Waals surface area contributed by atoms with Crippen LogP contribution in [0.15, 0.2) is 47.5 Å². The third-order valence-electron chi connectivity index (χ3n) is 5.41. The number of likely N-dealkylation sites (tertiary alicyclic amines) is 1. The Hall–Kier alpha value is -3.13. The van der Waals surface area contributed by atoms with Gasteiger partial charge in [-0.2, -0.15) is 5.10 Å². The van der Waals surface area contributed by atoms with Gasteiger partial charge in [0.25, 0.3) is 5.56 Å². The Kier molecular flexibility index (Phi) is 5.35. The first-order chi connectivity index (χ1) is 14.0. The highest BCUT2D eigenvalue weighted by atomic mass is 16.5. The summed E-state index contributed by atoms with van der Waals surface area (Å²) in [6.07, 6.45) is 5.43. The van der Waals surface area contributed by atoms with Crippen molar-refractivity contribution < 1.29 is 9.53 Å². The van der Waals surface area contributed by atoms with Crippen LogP contribution < -0.4 is 16.0 Å². The Bertz CT molecular complexity index is 1080. The second-order valence-corrected chi connectivity index (χ2v) is 7.48. The van der Waals surface area contributed by atoms with Gasteiger partial charge in [-0.1, -0.05) is 6.07 Å². The maximum absolute atomic E-state index is 12.2. The number of hydrogen-bond donors (Lipinski definition) is 1. The lowest BCUT2D eigenvalue weighted by molar-refractivity contribution is -0.118. The molecule has 4 rings (SSSR count). The SMILES string of the molecule is Cn1nccc(CN2CCC(Oc3cccc4c3ccn4CC(N)=O)CC2)c1=O. The Labute approximate surface area is 168 Å². The molecule has 1 amide bonds. The van der Waals surface area contributed by atoms with Gasteiger partial charge in [-0.25, -0.2) is 4.68 Å². The monoisotopic (exact) mass is 395 g/mol. The molecule has 0 bridgehead atoms. The Morgan fingerprint density at radius 3 is 2.79 bits per heavy atom. The summed E-state index contributed by atoms with van der Waals surface area (Å²) in [6.45, 7) is 2.52. The van der Waals surface area contributed by atoms with Crippen LogP contribution in [0.3, 0.4) is 0 Å². The highest BCUT2D eigenvalue weighted by Crippen LogP contribution is 2.29. The molecule has 0 radical (unpaired) electrons. The average Bonchev–Trinajstić information content (AvgIpc) is 3.10. The number of aromatic nitrogens is 3. The molecule has 1 saturated heterocycles. The fraction of sp³-hybridized carbons (Fsp3) is 0.381. The minimum atomic E-state index is -0.370. The summed E-state index contributed by atoms with van der Waals surface area (Å²) in [4.78, 5) is 25.7. The highest BCUT2D eigenvalue weighted by molar-refractivity contribution is 5.87. The van der Waals surface area contributed by atoms with Crippen LogP contribution in [0.25, 0.3) is 10.9 Å². The number of nitrogens with two attached hydrogens (primary N) is 1. The number of amides is 1. The lowest BCUT2D eigenvalue weighted by Crippen LogP contribution is -2.39. The van der Waals surface area contributed by atoms with Crippen LogP contribution in [-0.4, -0.2) is 44.3 Å². The van der Waals surface area contributed by atoms with Gasteiger partial charge in [0.15, 0.2) is 0 Å². The van der Waals surface area contributed by atoms with E-state index in [2.05, 4.69) is 10.00 Å². The van der Waals surface area contributed by atoms with Crippen LogP contribution in [0, 0.1) is 0 Å². The van der Waals surface area contributed by atoms with Crippen molar-refractivity contribution in [2.45, 2.75) is 32.0 Å². The molecule has 0 saturated carbocycles. The molecular weight excluding hydrogens is 370 g/mol. The first-order valence-electron chi connectivity index (χ1n) is 9.77. The van der Waals surface area contributed by atoms with Crippen LogP contribution in [0.1, 0.15) is 18.4 Å². The maximum Gasteiger partial charge on any atom is 0.270 e. The molecule has 8 nitrogen and oxygen atoms in total. The Morgan fingerprint density at radius 2 is 2.03 bits per heavy atom. The van der Waals surface area contributed by atoms with E-state index in [0.717, 1.165) is 48.1 Å². The number of piperidine rings is 1. The molecule has 0 spiro atoms. The van der Waals surface area contributed by atoms with Gasteiger partial charge in [-0.15, -0.1) is 0 Å². The standard InChI is InChI=1S/C21H25N5O3/c1-24-21(28)15(5-9-23-24)13-25-10-6-16(7-11-25)29-19-4-2-3-18-17(19)8-12-26(18)14-20(22)27/h2-5,8-9,12,16H,6-7,10-11,13-14H2,1H3,(H2,22,27). The van der Waals surface area contributed by atoms with Crippen LogP contribution >= 0.6 is 0 Å². The van der Waals surface area contributed by atoms with E-state index >= 15 is 0 Å². The van der Waals surface area contributed by atoms with E-state index in [1.807, 2.05) is 35.0 Å². The van der Waals surface area contributed by atoms with E-state index in [-0.39, 0.29) is 24.1 Å². The number of primary amides is 1. The van der Waals surface area contributed by atoms with Crippen LogP contribution in [0.2, 0.25) is 0 Å². The quantitative estimate of drug-likeness (QED) is 0.678.